The monoisotopic (exact) mass is 306 g/mol. The Morgan fingerprint density at radius 2 is 2.18 bits per heavy atom. The molecule has 1 aromatic carbocycles. The summed E-state index contributed by atoms with van der Waals surface area (Å²) in [7, 11) is 0. The highest BCUT2D eigenvalue weighted by atomic mass is 19.1. The van der Waals surface area contributed by atoms with Crippen molar-refractivity contribution in [2.45, 2.75) is 24.8 Å². The van der Waals surface area contributed by atoms with Crippen LogP contribution in [0.4, 0.5) is 10.1 Å². The van der Waals surface area contributed by atoms with Crippen LogP contribution in [-0.2, 0) is 11.2 Å². The third kappa shape index (κ3) is 3.08. The van der Waals surface area contributed by atoms with Crippen molar-refractivity contribution in [1.82, 2.24) is 10.1 Å². The van der Waals surface area contributed by atoms with E-state index in [-0.39, 0.29) is 34.9 Å². The van der Waals surface area contributed by atoms with Crippen molar-refractivity contribution < 1.29 is 18.6 Å². The molecule has 0 aliphatic heterocycles. The molecule has 0 spiro atoms. The van der Waals surface area contributed by atoms with Crippen molar-refractivity contribution in [3.05, 3.63) is 51.9 Å². The Balaban J connectivity index is 1.57. The number of hydrogen-bond donors (Lipinski definition) is 1. The third-order valence-electron chi connectivity index (χ3n) is 3.28. The van der Waals surface area contributed by atoms with E-state index < -0.39 is 11.9 Å². The van der Waals surface area contributed by atoms with Gasteiger partial charge >= 0.3 is 0 Å². The fourth-order valence-corrected chi connectivity index (χ4v) is 2.05. The molecule has 1 fully saturated rings. The van der Waals surface area contributed by atoms with Gasteiger partial charge in [0.1, 0.15) is 11.7 Å². The summed E-state index contributed by atoms with van der Waals surface area (Å²) in [6.07, 6.45) is 0.243. The van der Waals surface area contributed by atoms with Gasteiger partial charge in [-0.2, -0.15) is 4.98 Å². The van der Waals surface area contributed by atoms with Gasteiger partial charge in [-0.05, 0) is 24.3 Å². The minimum atomic E-state index is -0.679. The lowest BCUT2D eigenvalue weighted by Gasteiger charge is -2.02. The van der Waals surface area contributed by atoms with Crippen molar-refractivity contribution in [2.24, 2.45) is 0 Å². The maximum absolute atomic E-state index is 12.8. The van der Waals surface area contributed by atoms with E-state index in [0.717, 1.165) is 0 Å². The highest BCUT2D eigenvalue weighted by Gasteiger charge is 2.53. The number of aromatic nitrogens is 2. The van der Waals surface area contributed by atoms with Gasteiger partial charge in [0.15, 0.2) is 5.82 Å². The standard InChI is InChI=1S/C13H11FN4O4/c14-7-1-3-8(4-2-7)15-12(19)6-11-16-13(22-17-11)9-5-10(9)18(20)21/h1-4,9-10H,5-6H2,(H,15,19)/t9-,10-/m0/s1. The minimum Gasteiger partial charge on any atom is -0.339 e. The van der Waals surface area contributed by atoms with E-state index in [2.05, 4.69) is 15.5 Å². The molecule has 1 saturated carbocycles. The summed E-state index contributed by atoms with van der Waals surface area (Å²) in [6.45, 7) is 0. The molecule has 1 amide bonds. The minimum absolute atomic E-state index is 0.128. The summed E-state index contributed by atoms with van der Waals surface area (Å²) < 4.78 is 17.7. The van der Waals surface area contributed by atoms with Crippen LogP contribution >= 0.6 is 0 Å². The molecule has 0 radical (unpaired) electrons. The summed E-state index contributed by atoms with van der Waals surface area (Å²) in [5.41, 5.74) is 0.450. The molecule has 0 bridgehead atoms. The quantitative estimate of drug-likeness (QED) is 0.662. The van der Waals surface area contributed by atoms with Gasteiger partial charge in [0, 0.05) is 17.0 Å². The predicted molar refractivity (Wildman–Crippen MR) is 71.2 cm³/mol. The number of anilines is 1. The van der Waals surface area contributed by atoms with Crippen LogP contribution < -0.4 is 5.32 Å². The van der Waals surface area contributed by atoms with E-state index in [1.807, 2.05) is 0 Å². The second kappa shape index (κ2) is 5.51. The summed E-state index contributed by atoms with van der Waals surface area (Å²) in [4.78, 5) is 26.0. The number of nitrogens with zero attached hydrogens (tertiary/aromatic N) is 3. The molecule has 2 aromatic rings. The van der Waals surface area contributed by atoms with Crippen molar-refractivity contribution in [1.29, 1.82) is 0 Å². The first-order valence-electron chi connectivity index (χ1n) is 6.54. The molecule has 1 N–H and O–H groups in total. The van der Waals surface area contributed by atoms with Gasteiger partial charge in [-0.3, -0.25) is 14.9 Å². The molecule has 114 valence electrons. The van der Waals surface area contributed by atoms with Gasteiger partial charge < -0.3 is 9.84 Å². The maximum Gasteiger partial charge on any atom is 0.236 e. The SMILES string of the molecule is O=C(Cc1noc([C@H]2C[C@@H]2[N+](=O)[O-])n1)Nc1ccc(F)cc1. The number of nitrogens with one attached hydrogen (secondary N) is 1. The van der Waals surface area contributed by atoms with Gasteiger partial charge in [-0.25, -0.2) is 4.39 Å². The second-order valence-electron chi connectivity index (χ2n) is 4.98. The van der Waals surface area contributed by atoms with E-state index in [9.17, 15) is 19.3 Å². The Hall–Kier alpha value is -2.84. The molecule has 22 heavy (non-hydrogen) atoms. The largest absolute Gasteiger partial charge is 0.339 e. The van der Waals surface area contributed by atoms with Crippen molar-refractivity contribution >= 4 is 11.6 Å². The first-order valence-corrected chi connectivity index (χ1v) is 6.54. The topological polar surface area (TPSA) is 111 Å². The second-order valence-corrected chi connectivity index (χ2v) is 4.98. The molecule has 0 unspecified atom stereocenters. The molecule has 2 atom stereocenters. The third-order valence-corrected chi connectivity index (χ3v) is 3.28. The molecule has 1 aromatic heterocycles. The number of benzene rings is 1. The summed E-state index contributed by atoms with van der Waals surface area (Å²) in [6, 6.07) is 4.64. The van der Waals surface area contributed by atoms with E-state index in [4.69, 9.17) is 4.52 Å². The van der Waals surface area contributed by atoms with E-state index >= 15 is 0 Å². The van der Waals surface area contributed by atoms with Crippen LogP contribution in [0.15, 0.2) is 28.8 Å². The molecule has 9 heteroatoms. The number of nitro groups is 1. The van der Waals surface area contributed by atoms with Crippen LogP contribution in [-0.4, -0.2) is 27.0 Å². The average molecular weight is 306 g/mol. The zero-order valence-electron chi connectivity index (χ0n) is 11.2. The van der Waals surface area contributed by atoms with Crippen LogP contribution in [0.2, 0.25) is 0 Å². The van der Waals surface area contributed by atoms with Crippen LogP contribution in [0.1, 0.15) is 24.1 Å². The first-order chi connectivity index (χ1) is 10.5. The van der Waals surface area contributed by atoms with Crippen LogP contribution in [0, 0.1) is 15.9 Å². The van der Waals surface area contributed by atoms with Crippen LogP contribution in [0.3, 0.4) is 0 Å². The van der Waals surface area contributed by atoms with Crippen molar-refractivity contribution in [3.63, 3.8) is 0 Å². The Morgan fingerprint density at radius 3 is 2.82 bits per heavy atom. The smallest absolute Gasteiger partial charge is 0.236 e. The first kappa shape index (κ1) is 14.1. The Labute approximate surface area is 123 Å². The molecule has 1 heterocycles. The van der Waals surface area contributed by atoms with Crippen LogP contribution in [0.5, 0.6) is 0 Å². The summed E-state index contributed by atoms with van der Waals surface area (Å²) >= 11 is 0. The number of amides is 1. The van der Waals surface area contributed by atoms with Crippen molar-refractivity contribution in [3.8, 4) is 0 Å². The Kier molecular flexibility index (Phi) is 3.53. The Bertz CT molecular complexity index is 715. The number of hydrogen-bond acceptors (Lipinski definition) is 6. The van der Waals surface area contributed by atoms with Gasteiger partial charge in [-0.1, -0.05) is 5.16 Å². The molecule has 1 aliphatic rings. The van der Waals surface area contributed by atoms with Gasteiger partial charge in [0.25, 0.3) is 0 Å². The normalized spacial score (nSPS) is 19.7. The average Bonchev–Trinajstić information content (AvgIpc) is 3.15. The highest BCUT2D eigenvalue weighted by molar-refractivity contribution is 5.91. The number of carbonyl (C=O) groups is 1. The zero-order chi connectivity index (χ0) is 15.7. The van der Waals surface area contributed by atoms with Gasteiger partial charge in [0.05, 0.1) is 6.42 Å². The highest BCUT2D eigenvalue weighted by Crippen LogP contribution is 2.41. The lowest BCUT2D eigenvalue weighted by Crippen LogP contribution is -2.15. The van der Waals surface area contributed by atoms with Crippen molar-refractivity contribution in [2.75, 3.05) is 5.32 Å². The fraction of sp³-hybridized carbons (Fsp3) is 0.308. The Morgan fingerprint density at radius 1 is 1.45 bits per heavy atom. The molecular formula is C13H11FN4O4. The summed E-state index contributed by atoms with van der Waals surface area (Å²) in [5.74, 6) is -0.808. The predicted octanol–water partition coefficient (Wildman–Crippen LogP) is 1.52. The zero-order valence-corrected chi connectivity index (χ0v) is 11.2. The van der Waals surface area contributed by atoms with Gasteiger partial charge in [0.2, 0.25) is 17.8 Å². The number of rotatable bonds is 5. The van der Waals surface area contributed by atoms with E-state index in [0.29, 0.717) is 12.1 Å². The molecular weight excluding hydrogens is 295 g/mol. The summed E-state index contributed by atoms with van der Waals surface area (Å²) in [5, 5.41) is 16.8. The molecule has 3 rings (SSSR count). The molecule has 8 nitrogen and oxygen atoms in total. The lowest BCUT2D eigenvalue weighted by atomic mass is 10.3. The van der Waals surface area contributed by atoms with E-state index in [1.165, 1.54) is 24.3 Å². The number of carbonyl (C=O) groups excluding carboxylic acids is 1. The van der Waals surface area contributed by atoms with E-state index in [1.54, 1.807) is 0 Å². The maximum atomic E-state index is 12.8. The lowest BCUT2D eigenvalue weighted by molar-refractivity contribution is -0.496. The molecule has 0 saturated heterocycles. The molecule has 1 aliphatic carbocycles. The number of halogens is 1. The fourth-order valence-electron chi connectivity index (χ4n) is 2.05. The van der Waals surface area contributed by atoms with Crippen LogP contribution in [0.25, 0.3) is 0 Å². The van der Waals surface area contributed by atoms with Gasteiger partial charge in [-0.15, -0.1) is 0 Å².